The van der Waals surface area contributed by atoms with Crippen LogP contribution in [0.25, 0.3) is 10.9 Å². The molecule has 0 spiro atoms. The first-order chi connectivity index (χ1) is 11.8. The fraction of sp³-hybridized carbons (Fsp3) is 0.526. The van der Waals surface area contributed by atoms with Crippen molar-refractivity contribution in [1.82, 2.24) is 15.1 Å². The minimum atomic E-state index is -0.760. The van der Waals surface area contributed by atoms with E-state index in [4.69, 9.17) is 5.73 Å². The lowest BCUT2D eigenvalue weighted by molar-refractivity contribution is -0.122. The summed E-state index contributed by atoms with van der Waals surface area (Å²) in [5.41, 5.74) is 6.26. The van der Waals surface area contributed by atoms with Crippen LogP contribution in [0, 0.1) is 5.41 Å². The van der Waals surface area contributed by atoms with E-state index in [9.17, 15) is 9.59 Å². The average Bonchev–Trinajstić information content (AvgIpc) is 2.90. The molecule has 0 fully saturated rings. The van der Waals surface area contributed by atoms with Crippen molar-refractivity contribution in [2.75, 3.05) is 0 Å². The van der Waals surface area contributed by atoms with Crippen molar-refractivity contribution >= 4 is 22.7 Å². The maximum Gasteiger partial charge on any atom is 0.273 e. The predicted molar refractivity (Wildman–Crippen MR) is 99.2 cm³/mol. The average molecular weight is 344 g/mol. The summed E-state index contributed by atoms with van der Waals surface area (Å²) in [5.74, 6) is -0.920. The maximum atomic E-state index is 12.8. The van der Waals surface area contributed by atoms with E-state index in [1.807, 2.05) is 49.7 Å². The van der Waals surface area contributed by atoms with Gasteiger partial charge >= 0.3 is 0 Å². The van der Waals surface area contributed by atoms with Crippen LogP contribution in [-0.2, 0) is 11.3 Å². The van der Waals surface area contributed by atoms with Gasteiger partial charge in [-0.25, -0.2) is 0 Å². The molecule has 2 aromatic rings. The summed E-state index contributed by atoms with van der Waals surface area (Å²) in [6, 6.07) is 6.89. The zero-order valence-electron chi connectivity index (χ0n) is 15.5. The van der Waals surface area contributed by atoms with Crippen molar-refractivity contribution < 1.29 is 9.59 Å². The van der Waals surface area contributed by atoms with Crippen LogP contribution in [0.1, 0.15) is 57.4 Å². The zero-order valence-corrected chi connectivity index (χ0v) is 15.5. The van der Waals surface area contributed by atoms with E-state index < -0.39 is 17.4 Å². The van der Waals surface area contributed by atoms with Gasteiger partial charge in [0.1, 0.15) is 6.04 Å². The number of nitrogens with zero attached hydrogens (tertiary/aromatic N) is 2. The number of benzene rings is 1. The number of carbonyl (C=O) groups excluding carboxylic acids is 2. The summed E-state index contributed by atoms with van der Waals surface area (Å²) in [4.78, 5) is 24.5. The third-order valence-electron chi connectivity index (χ3n) is 4.27. The quantitative estimate of drug-likeness (QED) is 0.757. The molecule has 1 atom stereocenters. The van der Waals surface area contributed by atoms with Gasteiger partial charge in [-0.15, -0.1) is 0 Å². The van der Waals surface area contributed by atoms with Crippen LogP contribution in [0.5, 0.6) is 0 Å². The molecular formula is C19H28N4O2. The van der Waals surface area contributed by atoms with E-state index in [1.165, 1.54) is 0 Å². The van der Waals surface area contributed by atoms with E-state index in [1.54, 1.807) is 0 Å². The molecule has 136 valence electrons. The summed E-state index contributed by atoms with van der Waals surface area (Å²) in [6.07, 6.45) is 3.25. The molecule has 0 unspecified atom stereocenters. The number of nitrogens with one attached hydrogen (secondary N) is 1. The molecule has 6 heteroatoms. The smallest absolute Gasteiger partial charge is 0.273 e. The zero-order chi connectivity index (χ0) is 18.6. The van der Waals surface area contributed by atoms with Crippen LogP contribution in [0.2, 0.25) is 0 Å². The minimum absolute atomic E-state index is 0.336. The first-order valence-electron chi connectivity index (χ1n) is 8.81. The van der Waals surface area contributed by atoms with Gasteiger partial charge in [0.15, 0.2) is 5.69 Å². The van der Waals surface area contributed by atoms with E-state index in [0.717, 1.165) is 36.7 Å². The SMILES string of the molecule is CCCCCn1nc(C(=O)N[C@H](C(N)=O)C(C)(C)C)c2ccccc21. The predicted octanol–water partition coefficient (Wildman–Crippen LogP) is 2.86. The molecule has 0 saturated heterocycles. The Morgan fingerprint density at radius 3 is 2.52 bits per heavy atom. The lowest BCUT2D eigenvalue weighted by Crippen LogP contribution is -2.52. The molecule has 0 aliphatic rings. The van der Waals surface area contributed by atoms with Gasteiger partial charge < -0.3 is 11.1 Å². The summed E-state index contributed by atoms with van der Waals surface area (Å²) < 4.78 is 1.87. The number of rotatable bonds is 7. The molecule has 2 rings (SSSR count). The second kappa shape index (κ2) is 7.68. The summed E-state index contributed by atoms with van der Waals surface area (Å²) in [5, 5.41) is 8.05. The standard InChI is InChI=1S/C19H28N4O2/c1-5-6-9-12-23-14-11-8-7-10-13(14)15(22-23)18(25)21-16(17(20)24)19(2,3)4/h7-8,10-11,16H,5-6,9,12H2,1-4H3,(H2,20,24)(H,21,25)/t16-/m1/s1. The lowest BCUT2D eigenvalue weighted by Gasteiger charge is -2.28. The third kappa shape index (κ3) is 4.38. The van der Waals surface area contributed by atoms with Gasteiger partial charge in [-0.2, -0.15) is 5.10 Å². The Morgan fingerprint density at radius 2 is 1.92 bits per heavy atom. The molecule has 25 heavy (non-hydrogen) atoms. The molecule has 6 nitrogen and oxygen atoms in total. The first kappa shape index (κ1) is 19.0. The van der Waals surface area contributed by atoms with Gasteiger partial charge in [0, 0.05) is 11.9 Å². The lowest BCUT2D eigenvalue weighted by atomic mass is 9.86. The number of carbonyl (C=O) groups is 2. The number of amides is 2. The number of aryl methyl sites for hydroxylation is 1. The van der Waals surface area contributed by atoms with Crippen LogP contribution < -0.4 is 11.1 Å². The van der Waals surface area contributed by atoms with Crippen LogP contribution >= 0.6 is 0 Å². The van der Waals surface area contributed by atoms with Gasteiger partial charge in [0.2, 0.25) is 5.91 Å². The molecule has 0 aliphatic heterocycles. The Balaban J connectivity index is 2.33. The van der Waals surface area contributed by atoms with Crippen LogP contribution in [-0.4, -0.2) is 27.6 Å². The van der Waals surface area contributed by atoms with Crippen molar-refractivity contribution in [2.24, 2.45) is 11.1 Å². The molecule has 0 aliphatic carbocycles. The van der Waals surface area contributed by atoms with Gasteiger partial charge in [-0.05, 0) is 17.9 Å². The normalized spacial score (nSPS) is 13.0. The van der Waals surface area contributed by atoms with Crippen LogP contribution in [0.4, 0.5) is 0 Å². The molecule has 0 radical (unpaired) electrons. The van der Waals surface area contributed by atoms with Crippen molar-refractivity contribution in [2.45, 2.75) is 59.5 Å². The molecule has 1 aromatic heterocycles. The highest BCUT2D eigenvalue weighted by Gasteiger charge is 2.32. The number of unbranched alkanes of at least 4 members (excludes halogenated alkanes) is 2. The highest BCUT2D eigenvalue weighted by molar-refractivity contribution is 6.06. The third-order valence-corrected chi connectivity index (χ3v) is 4.27. The second-order valence-electron chi connectivity index (χ2n) is 7.47. The number of primary amides is 1. The molecule has 2 amide bonds. The second-order valence-corrected chi connectivity index (χ2v) is 7.47. The number of hydrogen-bond acceptors (Lipinski definition) is 3. The topological polar surface area (TPSA) is 90.0 Å². The summed E-state index contributed by atoms with van der Waals surface area (Å²) in [6.45, 7) is 8.51. The Morgan fingerprint density at radius 1 is 1.24 bits per heavy atom. The van der Waals surface area contributed by atoms with E-state index in [0.29, 0.717) is 5.69 Å². The van der Waals surface area contributed by atoms with E-state index in [2.05, 4.69) is 17.3 Å². The molecule has 1 heterocycles. The minimum Gasteiger partial charge on any atom is -0.368 e. The molecule has 3 N–H and O–H groups in total. The van der Waals surface area contributed by atoms with Crippen molar-refractivity contribution in [3.63, 3.8) is 0 Å². The molecular weight excluding hydrogens is 316 g/mol. The molecule has 0 bridgehead atoms. The number of para-hydroxylation sites is 1. The van der Waals surface area contributed by atoms with Gasteiger partial charge in [0.25, 0.3) is 5.91 Å². The van der Waals surface area contributed by atoms with Gasteiger partial charge in [-0.1, -0.05) is 58.7 Å². The number of hydrogen-bond donors (Lipinski definition) is 2. The van der Waals surface area contributed by atoms with Crippen LogP contribution in [0.15, 0.2) is 24.3 Å². The molecule has 1 aromatic carbocycles. The Labute approximate surface area is 148 Å². The summed E-state index contributed by atoms with van der Waals surface area (Å²) >= 11 is 0. The van der Waals surface area contributed by atoms with Gasteiger partial charge in [0.05, 0.1) is 5.52 Å². The largest absolute Gasteiger partial charge is 0.368 e. The number of aromatic nitrogens is 2. The van der Waals surface area contributed by atoms with Crippen LogP contribution in [0.3, 0.4) is 0 Å². The van der Waals surface area contributed by atoms with E-state index >= 15 is 0 Å². The van der Waals surface area contributed by atoms with Crippen molar-refractivity contribution in [3.8, 4) is 0 Å². The first-order valence-corrected chi connectivity index (χ1v) is 8.81. The van der Waals surface area contributed by atoms with E-state index in [-0.39, 0.29) is 5.91 Å². The monoisotopic (exact) mass is 344 g/mol. The Kier molecular flexibility index (Phi) is 5.82. The maximum absolute atomic E-state index is 12.8. The van der Waals surface area contributed by atoms with Gasteiger partial charge in [-0.3, -0.25) is 14.3 Å². The Bertz CT molecular complexity index is 758. The highest BCUT2D eigenvalue weighted by atomic mass is 16.2. The highest BCUT2D eigenvalue weighted by Crippen LogP contribution is 2.22. The fourth-order valence-corrected chi connectivity index (χ4v) is 2.89. The number of nitrogens with two attached hydrogens (primary N) is 1. The fourth-order valence-electron chi connectivity index (χ4n) is 2.89. The van der Waals surface area contributed by atoms with Crippen molar-refractivity contribution in [1.29, 1.82) is 0 Å². The molecule has 0 saturated carbocycles. The Hall–Kier alpha value is -2.37. The van der Waals surface area contributed by atoms with Crippen molar-refractivity contribution in [3.05, 3.63) is 30.0 Å². The summed E-state index contributed by atoms with van der Waals surface area (Å²) in [7, 11) is 0. The number of fused-ring (bicyclic) bond motifs is 1.